The smallest absolute Gasteiger partial charge is 0.250 e. The molecule has 6 N–H and O–H groups in total. The van der Waals surface area contributed by atoms with Gasteiger partial charge in [0.1, 0.15) is 6.04 Å². The van der Waals surface area contributed by atoms with Gasteiger partial charge in [0.25, 0.3) is 5.91 Å². The number of benzene rings is 1. The maximum absolute atomic E-state index is 11.6. The van der Waals surface area contributed by atoms with E-state index in [2.05, 4.69) is 0 Å². The molecule has 108 valence electrons. The number of anilines is 2. The maximum Gasteiger partial charge on any atom is 0.250 e. The number of halogens is 1. The zero-order valence-electron chi connectivity index (χ0n) is 10.9. The standard InChI is InChI=1S/C13H17ClN4O2/c14-9-6-7(15)5-8(12(16)19)11(9)18-4-2-1-3-10(18)13(17)20/h5-6,10H,1-4,15H2,(H2,16,19)(H2,17,20). The van der Waals surface area contributed by atoms with E-state index in [4.69, 9.17) is 28.8 Å². The molecule has 1 aliphatic heterocycles. The third-order valence-corrected chi connectivity index (χ3v) is 3.76. The zero-order valence-corrected chi connectivity index (χ0v) is 11.7. The SMILES string of the molecule is NC(=O)c1cc(N)cc(Cl)c1N1CCCCC1C(N)=O. The minimum absolute atomic E-state index is 0.211. The number of nitrogen functional groups attached to an aromatic ring is 1. The molecule has 1 unspecified atom stereocenters. The predicted molar refractivity (Wildman–Crippen MR) is 78.6 cm³/mol. The lowest BCUT2D eigenvalue weighted by atomic mass is 9.99. The fourth-order valence-electron chi connectivity index (χ4n) is 2.59. The summed E-state index contributed by atoms with van der Waals surface area (Å²) in [4.78, 5) is 25.0. The summed E-state index contributed by atoms with van der Waals surface area (Å²) in [7, 11) is 0. The van der Waals surface area contributed by atoms with E-state index >= 15 is 0 Å². The number of carbonyl (C=O) groups excluding carboxylic acids is 2. The molecular weight excluding hydrogens is 280 g/mol. The van der Waals surface area contributed by atoms with Crippen LogP contribution in [0.3, 0.4) is 0 Å². The monoisotopic (exact) mass is 296 g/mol. The van der Waals surface area contributed by atoms with Gasteiger partial charge < -0.3 is 22.1 Å². The van der Waals surface area contributed by atoms with Crippen molar-refractivity contribution in [3.8, 4) is 0 Å². The highest BCUT2D eigenvalue weighted by Crippen LogP contribution is 2.36. The molecular formula is C13H17ClN4O2. The van der Waals surface area contributed by atoms with E-state index < -0.39 is 17.9 Å². The number of nitrogens with two attached hydrogens (primary N) is 3. The molecule has 7 heteroatoms. The van der Waals surface area contributed by atoms with Crippen LogP contribution in [0, 0.1) is 0 Å². The molecule has 0 spiro atoms. The van der Waals surface area contributed by atoms with Gasteiger partial charge in [0, 0.05) is 12.2 Å². The van der Waals surface area contributed by atoms with Gasteiger partial charge in [-0.25, -0.2) is 0 Å². The first-order valence-electron chi connectivity index (χ1n) is 6.36. The van der Waals surface area contributed by atoms with Crippen molar-refractivity contribution in [1.82, 2.24) is 0 Å². The second-order valence-electron chi connectivity index (χ2n) is 4.87. The molecule has 1 heterocycles. The van der Waals surface area contributed by atoms with Crippen LogP contribution in [-0.2, 0) is 4.79 Å². The van der Waals surface area contributed by atoms with E-state index in [0.717, 1.165) is 12.8 Å². The van der Waals surface area contributed by atoms with E-state index in [9.17, 15) is 9.59 Å². The van der Waals surface area contributed by atoms with Crippen LogP contribution < -0.4 is 22.1 Å². The predicted octanol–water partition coefficient (Wildman–Crippen LogP) is 0.865. The highest BCUT2D eigenvalue weighted by atomic mass is 35.5. The number of primary amides is 2. The largest absolute Gasteiger partial charge is 0.399 e. The van der Waals surface area contributed by atoms with Gasteiger partial charge in [0.05, 0.1) is 16.3 Å². The third kappa shape index (κ3) is 2.65. The molecule has 0 aliphatic carbocycles. The van der Waals surface area contributed by atoms with Crippen LogP contribution in [-0.4, -0.2) is 24.4 Å². The molecule has 1 atom stereocenters. The van der Waals surface area contributed by atoms with Crippen molar-refractivity contribution in [3.05, 3.63) is 22.7 Å². The van der Waals surface area contributed by atoms with Gasteiger partial charge >= 0.3 is 0 Å². The quantitative estimate of drug-likeness (QED) is 0.717. The summed E-state index contributed by atoms with van der Waals surface area (Å²) in [6, 6.07) is 2.52. The van der Waals surface area contributed by atoms with Crippen LogP contribution in [0.2, 0.25) is 5.02 Å². The van der Waals surface area contributed by atoms with Gasteiger partial charge in [-0.1, -0.05) is 11.6 Å². The summed E-state index contributed by atoms with van der Waals surface area (Å²) >= 11 is 6.20. The van der Waals surface area contributed by atoms with Crippen molar-refractivity contribution < 1.29 is 9.59 Å². The van der Waals surface area contributed by atoms with E-state index in [1.807, 2.05) is 0 Å². The van der Waals surface area contributed by atoms with Crippen LogP contribution in [0.4, 0.5) is 11.4 Å². The van der Waals surface area contributed by atoms with Crippen LogP contribution in [0.15, 0.2) is 12.1 Å². The van der Waals surface area contributed by atoms with E-state index in [0.29, 0.717) is 29.4 Å². The molecule has 1 saturated heterocycles. The summed E-state index contributed by atoms with van der Waals surface area (Å²) in [6.45, 7) is 0.595. The second-order valence-corrected chi connectivity index (χ2v) is 5.28. The van der Waals surface area contributed by atoms with Gasteiger partial charge in [-0.05, 0) is 31.4 Å². The van der Waals surface area contributed by atoms with Crippen molar-refractivity contribution in [3.63, 3.8) is 0 Å². The topological polar surface area (TPSA) is 115 Å². The Morgan fingerprint density at radius 2 is 1.95 bits per heavy atom. The Balaban J connectivity index is 2.54. The molecule has 1 aromatic rings. The Labute approximate surface area is 121 Å². The number of carbonyl (C=O) groups is 2. The number of hydrogen-bond acceptors (Lipinski definition) is 4. The number of nitrogens with zero attached hydrogens (tertiary/aromatic N) is 1. The minimum atomic E-state index is -0.636. The fourth-order valence-corrected chi connectivity index (χ4v) is 2.93. The Kier molecular flexibility index (Phi) is 4.04. The highest BCUT2D eigenvalue weighted by molar-refractivity contribution is 6.34. The Morgan fingerprint density at radius 3 is 2.55 bits per heavy atom. The lowest BCUT2D eigenvalue weighted by Crippen LogP contribution is -2.48. The Hall–Kier alpha value is -1.95. The molecule has 1 aromatic carbocycles. The lowest BCUT2D eigenvalue weighted by Gasteiger charge is -2.37. The average Bonchev–Trinajstić information content (AvgIpc) is 2.37. The first kappa shape index (κ1) is 14.5. The molecule has 1 fully saturated rings. The van der Waals surface area contributed by atoms with E-state index in [-0.39, 0.29) is 5.56 Å². The minimum Gasteiger partial charge on any atom is -0.399 e. The van der Waals surface area contributed by atoms with Crippen molar-refractivity contribution >= 4 is 34.8 Å². The van der Waals surface area contributed by atoms with Gasteiger partial charge in [-0.2, -0.15) is 0 Å². The third-order valence-electron chi connectivity index (χ3n) is 3.47. The second kappa shape index (κ2) is 5.58. The maximum atomic E-state index is 11.6. The molecule has 2 rings (SSSR count). The summed E-state index contributed by atoms with van der Waals surface area (Å²) in [5.74, 6) is -1.07. The fraction of sp³-hybridized carbons (Fsp3) is 0.385. The highest BCUT2D eigenvalue weighted by Gasteiger charge is 2.31. The van der Waals surface area contributed by atoms with Crippen molar-refractivity contribution in [2.75, 3.05) is 17.2 Å². The number of rotatable bonds is 3. The number of piperidine rings is 1. The Bertz CT molecular complexity index is 562. The van der Waals surface area contributed by atoms with Crippen LogP contribution in [0.1, 0.15) is 29.6 Å². The van der Waals surface area contributed by atoms with Crippen LogP contribution >= 0.6 is 11.6 Å². The molecule has 0 saturated carbocycles. The van der Waals surface area contributed by atoms with Crippen LogP contribution in [0.5, 0.6) is 0 Å². The molecule has 1 aliphatic rings. The summed E-state index contributed by atoms with van der Waals surface area (Å²) < 4.78 is 0. The average molecular weight is 297 g/mol. The van der Waals surface area contributed by atoms with Crippen molar-refractivity contribution in [1.29, 1.82) is 0 Å². The van der Waals surface area contributed by atoms with Gasteiger partial charge in [0.2, 0.25) is 5.91 Å². The molecule has 0 bridgehead atoms. The number of hydrogen-bond donors (Lipinski definition) is 3. The summed E-state index contributed by atoms with van der Waals surface area (Å²) in [5.41, 5.74) is 17.5. The van der Waals surface area contributed by atoms with Crippen molar-refractivity contribution in [2.45, 2.75) is 25.3 Å². The van der Waals surface area contributed by atoms with Gasteiger partial charge in [0.15, 0.2) is 0 Å². The normalized spacial score (nSPS) is 18.9. The molecule has 0 radical (unpaired) electrons. The summed E-state index contributed by atoms with van der Waals surface area (Å²) in [6.07, 6.45) is 2.43. The van der Waals surface area contributed by atoms with E-state index in [1.165, 1.54) is 12.1 Å². The number of amides is 2. The Morgan fingerprint density at radius 1 is 1.25 bits per heavy atom. The zero-order chi connectivity index (χ0) is 14.9. The molecule has 20 heavy (non-hydrogen) atoms. The van der Waals surface area contributed by atoms with Gasteiger partial charge in [-0.15, -0.1) is 0 Å². The lowest BCUT2D eigenvalue weighted by molar-refractivity contribution is -0.119. The van der Waals surface area contributed by atoms with Gasteiger partial charge in [-0.3, -0.25) is 9.59 Å². The van der Waals surface area contributed by atoms with Crippen LogP contribution in [0.25, 0.3) is 0 Å². The molecule has 0 aromatic heterocycles. The summed E-state index contributed by atoms with van der Waals surface area (Å²) in [5, 5.41) is 0.298. The molecule has 2 amide bonds. The van der Waals surface area contributed by atoms with Crippen molar-refractivity contribution in [2.24, 2.45) is 11.5 Å². The first-order valence-corrected chi connectivity index (χ1v) is 6.74. The van der Waals surface area contributed by atoms with E-state index in [1.54, 1.807) is 4.90 Å². The molecule has 6 nitrogen and oxygen atoms in total. The first-order chi connectivity index (χ1) is 9.41.